The van der Waals surface area contributed by atoms with Crippen LogP contribution in [0.2, 0.25) is 0 Å². The predicted molar refractivity (Wildman–Crippen MR) is 82.7 cm³/mol. The maximum atomic E-state index is 13.9. The predicted octanol–water partition coefficient (Wildman–Crippen LogP) is 2.20. The molecule has 1 aliphatic rings. The molecular weight excluding hydrogens is 339 g/mol. The fourth-order valence-electron chi connectivity index (χ4n) is 2.53. The lowest BCUT2D eigenvalue weighted by molar-refractivity contribution is -0.385. The minimum absolute atomic E-state index is 0.0541. The summed E-state index contributed by atoms with van der Waals surface area (Å²) in [5.74, 6) is -2.04. The van der Waals surface area contributed by atoms with E-state index in [-0.39, 0.29) is 17.2 Å². The van der Waals surface area contributed by atoms with Gasteiger partial charge < -0.3 is 5.32 Å². The molecule has 0 fully saturated rings. The number of carbonyl (C=O) groups is 1. The summed E-state index contributed by atoms with van der Waals surface area (Å²) >= 11 is 0. The van der Waals surface area contributed by atoms with Gasteiger partial charge in [0.1, 0.15) is 5.82 Å². The van der Waals surface area contributed by atoms with Crippen molar-refractivity contribution >= 4 is 27.1 Å². The lowest BCUT2D eigenvalue weighted by Crippen LogP contribution is -2.09. The van der Waals surface area contributed by atoms with Crippen molar-refractivity contribution < 1.29 is 22.5 Å². The van der Waals surface area contributed by atoms with E-state index in [4.69, 9.17) is 0 Å². The molecule has 7 nitrogen and oxygen atoms in total. The van der Waals surface area contributed by atoms with Crippen LogP contribution >= 0.6 is 0 Å². The van der Waals surface area contributed by atoms with Crippen LogP contribution in [-0.2, 0) is 26.8 Å². The van der Waals surface area contributed by atoms with Gasteiger partial charge in [-0.1, -0.05) is 6.07 Å². The fraction of sp³-hybridized carbons (Fsp3) is 0.133. The summed E-state index contributed by atoms with van der Waals surface area (Å²) < 4.78 is 38.9. The number of benzene rings is 2. The Kier molecular flexibility index (Phi) is 3.80. The van der Waals surface area contributed by atoms with Crippen molar-refractivity contribution in [3.8, 4) is 0 Å². The normalized spacial score (nSPS) is 13.5. The molecule has 3 rings (SSSR count). The Morgan fingerprint density at radius 2 is 2.00 bits per heavy atom. The van der Waals surface area contributed by atoms with Crippen molar-refractivity contribution in [3.63, 3.8) is 0 Å². The molecule has 124 valence electrons. The Morgan fingerprint density at radius 3 is 2.71 bits per heavy atom. The topological polar surface area (TPSA) is 106 Å². The summed E-state index contributed by atoms with van der Waals surface area (Å²) in [6.45, 7) is 0. The number of hydrogen-bond donors (Lipinski definition) is 1. The highest BCUT2D eigenvalue weighted by Crippen LogP contribution is 2.30. The second-order valence-corrected chi connectivity index (χ2v) is 7.29. The number of fused-ring (bicyclic) bond motifs is 1. The third kappa shape index (κ3) is 2.85. The highest BCUT2D eigenvalue weighted by molar-refractivity contribution is 7.90. The number of halogens is 1. The second kappa shape index (κ2) is 5.68. The molecule has 0 aromatic heterocycles. The number of amides is 1. The summed E-state index contributed by atoms with van der Waals surface area (Å²) in [4.78, 5) is 21.4. The third-order valence-corrected chi connectivity index (χ3v) is 5.33. The Balaban J connectivity index is 2.01. The standard InChI is InChI=1S/C15H11FN2O5S/c16-12-2-1-3-14(18(20)21)11(12)8-24(22,23)10-4-5-13-9(6-10)7-15(19)17-13/h1-6H,7-8H2,(H,17,19). The van der Waals surface area contributed by atoms with Crippen LogP contribution in [-0.4, -0.2) is 19.2 Å². The van der Waals surface area contributed by atoms with Crippen molar-refractivity contribution in [1.29, 1.82) is 0 Å². The van der Waals surface area contributed by atoms with E-state index < -0.39 is 37.6 Å². The Bertz CT molecular complexity index is 972. The number of nitrogens with zero attached hydrogens (tertiary/aromatic N) is 1. The van der Waals surface area contributed by atoms with Gasteiger partial charge in [0.05, 0.1) is 27.6 Å². The lowest BCUT2D eigenvalue weighted by Gasteiger charge is -2.08. The first kappa shape index (κ1) is 16.1. The molecule has 1 amide bonds. The number of sulfone groups is 1. The quantitative estimate of drug-likeness (QED) is 0.672. The fourth-order valence-corrected chi connectivity index (χ4v) is 3.96. The maximum absolute atomic E-state index is 13.9. The van der Waals surface area contributed by atoms with Crippen molar-refractivity contribution in [2.45, 2.75) is 17.1 Å². The number of anilines is 1. The zero-order valence-electron chi connectivity index (χ0n) is 12.2. The van der Waals surface area contributed by atoms with Crippen LogP contribution in [0.5, 0.6) is 0 Å². The zero-order valence-corrected chi connectivity index (χ0v) is 13.0. The van der Waals surface area contributed by atoms with E-state index in [0.29, 0.717) is 11.3 Å². The molecule has 0 saturated carbocycles. The maximum Gasteiger partial charge on any atom is 0.276 e. The van der Waals surface area contributed by atoms with E-state index in [0.717, 1.165) is 18.2 Å². The van der Waals surface area contributed by atoms with Gasteiger partial charge in [-0.15, -0.1) is 0 Å². The van der Waals surface area contributed by atoms with Crippen molar-refractivity contribution in [1.82, 2.24) is 0 Å². The van der Waals surface area contributed by atoms with Crippen LogP contribution in [0.3, 0.4) is 0 Å². The summed E-state index contributed by atoms with van der Waals surface area (Å²) in [5.41, 5.74) is -0.0336. The van der Waals surface area contributed by atoms with Gasteiger partial charge in [0.15, 0.2) is 9.84 Å². The molecule has 2 aromatic rings. The molecule has 9 heteroatoms. The molecular formula is C15H11FN2O5S. The Hall–Kier alpha value is -2.81. The van der Waals surface area contributed by atoms with E-state index in [1.54, 1.807) is 0 Å². The van der Waals surface area contributed by atoms with Crippen molar-refractivity contribution in [2.75, 3.05) is 5.32 Å². The zero-order chi connectivity index (χ0) is 17.5. The first-order valence-electron chi connectivity index (χ1n) is 6.85. The van der Waals surface area contributed by atoms with Crippen LogP contribution in [0, 0.1) is 15.9 Å². The van der Waals surface area contributed by atoms with Crippen molar-refractivity contribution in [3.05, 3.63) is 63.5 Å². The number of hydrogen-bond acceptors (Lipinski definition) is 5. The third-order valence-electron chi connectivity index (χ3n) is 3.69. The molecule has 0 aliphatic carbocycles. The molecule has 0 saturated heterocycles. The number of rotatable bonds is 4. The first-order chi connectivity index (χ1) is 11.3. The molecule has 0 bridgehead atoms. The van der Waals surface area contributed by atoms with Crippen LogP contribution in [0.15, 0.2) is 41.3 Å². The van der Waals surface area contributed by atoms with E-state index in [2.05, 4.69) is 5.32 Å². The van der Waals surface area contributed by atoms with E-state index in [1.807, 2.05) is 0 Å². The minimum atomic E-state index is -4.01. The van der Waals surface area contributed by atoms with Gasteiger partial charge in [-0.2, -0.15) is 0 Å². The first-order valence-corrected chi connectivity index (χ1v) is 8.50. The Morgan fingerprint density at radius 1 is 1.25 bits per heavy atom. The highest BCUT2D eigenvalue weighted by atomic mass is 32.2. The SMILES string of the molecule is O=C1Cc2cc(S(=O)(=O)Cc3c(F)cccc3[N+](=O)[O-])ccc2N1. The molecule has 0 unspecified atom stereocenters. The molecule has 24 heavy (non-hydrogen) atoms. The van der Waals surface area contributed by atoms with Gasteiger partial charge >= 0.3 is 0 Å². The van der Waals surface area contributed by atoms with E-state index in [1.165, 1.54) is 18.2 Å². The Labute approximate surface area is 136 Å². The van der Waals surface area contributed by atoms with Gasteiger partial charge in [0, 0.05) is 11.8 Å². The molecule has 1 N–H and O–H groups in total. The van der Waals surface area contributed by atoms with Crippen LogP contribution in [0.4, 0.5) is 15.8 Å². The van der Waals surface area contributed by atoms with Gasteiger partial charge in [-0.05, 0) is 29.8 Å². The molecule has 0 atom stereocenters. The average Bonchev–Trinajstić information content (AvgIpc) is 2.88. The number of nitro benzene ring substituents is 1. The van der Waals surface area contributed by atoms with E-state index in [9.17, 15) is 27.7 Å². The molecule has 0 spiro atoms. The summed E-state index contributed by atoms with van der Waals surface area (Å²) in [7, 11) is -4.01. The monoisotopic (exact) mass is 350 g/mol. The highest BCUT2D eigenvalue weighted by Gasteiger charge is 2.27. The van der Waals surface area contributed by atoms with Gasteiger partial charge in [-0.25, -0.2) is 12.8 Å². The molecule has 1 heterocycles. The van der Waals surface area contributed by atoms with Crippen LogP contribution in [0.25, 0.3) is 0 Å². The largest absolute Gasteiger partial charge is 0.326 e. The molecule has 2 aromatic carbocycles. The van der Waals surface area contributed by atoms with E-state index >= 15 is 0 Å². The smallest absolute Gasteiger partial charge is 0.276 e. The second-order valence-electron chi connectivity index (χ2n) is 5.30. The summed E-state index contributed by atoms with van der Waals surface area (Å²) in [6.07, 6.45) is 0.0541. The minimum Gasteiger partial charge on any atom is -0.326 e. The van der Waals surface area contributed by atoms with Gasteiger partial charge in [0.2, 0.25) is 5.91 Å². The number of carbonyl (C=O) groups excluding carboxylic acids is 1. The number of nitrogens with one attached hydrogen (secondary N) is 1. The number of nitro groups is 1. The lowest BCUT2D eigenvalue weighted by atomic mass is 10.2. The van der Waals surface area contributed by atoms with Crippen LogP contribution < -0.4 is 5.32 Å². The van der Waals surface area contributed by atoms with Gasteiger partial charge in [-0.3, -0.25) is 14.9 Å². The summed E-state index contributed by atoms with van der Waals surface area (Å²) in [5, 5.41) is 13.6. The molecule has 0 radical (unpaired) electrons. The van der Waals surface area contributed by atoms with Crippen LogP contribution in [0.1, 0.15) is 11.1 Å². The molecule has 1 aliphatic heterocycles. The van der Waals surface area contributed by atoms with Crippen molar-refractivity contribution in [2.24, 2.45) is 0 Å². The summed E-state index contributed by atoms with van der Waals surface area (Å²) in [6, 6.07) is 7.24. The van der Waals surface area contributed by atoms with Gasteiger partial charge in [0.25, 0.3) is 5.69 Å². The average molecular weight is 350 g/mol.